The van der Waals surface area contributed by atoms with Crippen LogP contribution >= 0.6 is 11.6 Å². The largest absolute Gasteiger partial charge is 0.396 e. The molecule has 1 heterocycles. The second kappa shape index (κ2) is 4.73. The average molecular weight is 256 g/mol. The number of nitrogen functional groups attached to an aromatic ring is 1. The van der Waals surface area contributed by atoms with Crippen LogP contribution in [0.3, 0.4) is 0 Å². The minimum atomic E-state index is -0.0623. The maximum Gasteiger partial charge on any atom is 0.149 e. The summed E-state index contributed by atoms with van der Waals surface area (Å²) in [5.74, 6) is 0.698. The molecule has 96 valence electrons. The van der Waals surface area contributed by atoms with Crippen LogP contribution in [0.5, 0.6) is 0 Å². The molecule has 0 unspecified atom stereocenters. The van der Waals surface area contributed by atoms with Gasteiger partial charge in [-0.05, 0) is 31.7 Å². The highest BCUT2D eigenvalue weighted by atomic mass is 35.5. The molecule has 0 saturated heterocycles. The van der Waals surface area contributed by atoms with Gasteiger partial charge in [0.2, 0.25) is 0 Å². The smallest absolute Gasteiger partial charge is 0.149 e. The van der Waals surface area contributed by atoms with Crippen molar-refractivity contribution in [1.82, 2.24) is 4.98 Å². The Labute approximate surface area is 109 Å². The van der Waals surface area contributed by atoms with E-state index in [4.69, 9.17) is 17.3 Å². The van der Waals surface area contributed by atoms with Crippen LogP contribution in [-0.4, -0.2) is 10.5 Å². The summed E-state index contributed by atoms with van der Waals surface area (Å²) in [6, 6.07) is 1.71. The van der Waals surface area contributed by atoms with Gasteiger partial charge in [0.05, 0.1) is 10.7 Å². The van der Waals surface area contributed by atoms with Crippen molar-refractivity contribution in [3.8, 4) is 0 Å². The van der Waals surface area contributed by atoms with Gasteiger partial charge in [-0.1, -0.05) is 32.4 Å². The van der Waals surface area contributed by atoms with Crippen LogP contribution in [0.2, 0.25) is 5.02 Å². The van der Waals surface area contributed by atoms with Gasteiger partial charge in [-0.3, -0.25) is 0 Å². The lowest BCUT2D eigenvalue weighted by Gasteiger charge is -2.34. The van der Waals surface area contributed by atoms with E-state index in [1.54, 1.807) is 12.3 Å². The van der Waals surface area contributed by atoms with Crippen LogP contribution in [0.15, 0.2) is 12.3 Å². The quantitative estimate of drug-likeness (QED) is 0.860. The lowest BCUT2D eigenvalue weighted by atomic mass is 9.82. The van der Waals surface area contributed by atoms with Crippen molar-refractivity contribution in [3.63, 3.8) is 0 Å². The number of aromatic nitrogens is 1. The highest BCUT2D eigenvalue weighted by Crippen LogP contribution is 2.31. The normalized spacial score (nSPS) is 12.6. The van der Waals surface area contributed by atoms with E-state index in [0.29, 0.717) is 16.5 Å². The maximum atomic E-state index is 5.88. The van der Waals surface area contributed by atoms with Gasteiger partial charge < -0.3 is 11.1 Å². The zero-order valence-electron chi connectivity index (χ0n) is 11.3. The monoisotopic (exact) mass is 255 g/mol. The zero-order valence-corrected chi connectivity index (χ0v) is 12.0. The molecule has 0 aliphatic carbocycles. The predicted octanol–water partition coefficient (Wildman–Crippen LogP) is 3.94. The Bertz CT molecular complexity index is 394. The van der Waals surface area contributed by atoms with Crippen LogP contribution in [-0.2, 0) is 0 Å². The lowest BCUT2D eigenvalue weighted by molar-refractivity contribution is 0.302. The molecule has 0 amide bonds. The molecule has 0 radical (unpaired) electrons. The molecular formula is C13H22ClN3. The number of halogens is 1. The first-order chi connectivity index (χ1) is 7.59. The first kappa shape index (κ1) is 14.1. The van der Waals surface area contributed by atoms with Crippen molar-refractivity contribution in [3.05, 3.63) is 17.3 Å². The molecule has 1 rings (SSSR count). The summed E-state index contributed by atoms with van der Waals surface area (Å²) in [7, 11) is 0. The second-order valence-corrected chi connectivity index (χ2v) is 6.77. The molecule has 0 bridgehead atoms. The summed E-state index contributed by atoms with van der Waals surface area (Å²) in [6.45, 7) is 10.9. The van der Waals surface area contributed by atoms with Crippen LogP contribution in [0.25, 0.3) is 0 Å². The Morgan fingerprint density at radius 1 is 1.29 bits per heavy atom. The van der Waals surface area contributed by atoms with E-state index in [2.05, 4.69) is 44.9 Å². The maximum absolute atomic E-state index is 5.88. The topological polar surface area (TPSA) is 50.9 Å². The van der Waals surface area contributed by atoms with Gasteiger partial charge in [0.1, 0.15) is 5.82 Å². The van der Waals surface area contributed by atoms with Crippen molar-refractivity contribution >= 4 is 23.1 Å². The van der Waals surface area contributed by atoms with Crippen molar-refractivity contribution in [2.75, 3.05) is 11.1 Å². The molecule has 1 aromatic heterocycles. The average Bonchev–Trinajstić information content (AvgIpc) is 2.05. The van der Waals surface area contributed by atoms with Crippen molar-refractivity contribution in [2.24, 2.45) is 5.41 Å². The molecule has 4 heteroatoms. The third-order valence-electron chi connectivity index (χ3n) is 2.31. The van der Waals surface area contributed by atoms with Gasteiger partial charge in [-0.2, -0.15) is 0 Å². The Balaban J connectivity index is 2.83. The third-order valence-corrected chi connectivity index (χ3v) is 2.52. The molecule has 0 saturated carbocycles. The third kappa shape index (κ3) is 4.82. The van der Waals surface area contributed by atoms with E-state index in [0.717, 1.165) is 6.42 Å². The second-order valence-electron chi connectivity index (χ2n) is 6.34. The molecule has 0 aliphatic heterocycles. The minimum Gasteiger partial charge on any atom is -0.396 e. The van der Waals surface area contributed by atoms with Crippen molar-refractivity contribution in [2.45, 2.75) is 46.6 Å². The van der Waals surface area contributed by atoms with Gasteiger partial charge in [-0.25, -0.2) is 4.98 Å². The fraction of sp³-hybridized carbons (Fsp3) is 0.615. The SMILES string of the molecule is CC(C)(C)CC(C)(C)Nc1ncc(Cl)cc1N. The number of rotatable bonds is 3. The summed E-state index contributed by atoms with van der Waals surface area (Å²) in [6.07, 6.45) is 2.62. The van der Waals surface area contributed by atoms with E-state index in [1.165, 1.54) is 0 Å². The molecule has 3 N–H and O–H groups in total. The molecule has 0 aliphatic rings. The molecule has 0 aromatic carbocycles. The Hall–Kier alpha value is -0.960. The minimum absolute atomic E-state index is 0.0623. The van der Waals surface area contributed by atoms with E-state index in [-0.39, 0.29) is 11.0 Å². The molecule has 17 heavy (non-hydrogen) atoms. The number of hydrogen-bond donors (Lipinski definition) is 2. The molecular weight excluding hydrogens is 234 g/mol. The first-order valence-electron chi connectivity index (χ1n) is 5.78. The van der Waals surface area contributed by atoms with Crippen LogP contribution in [0, 0.1) is 5.41 Å². The Kier molecular flexibility index (Phi) is 3.92. The number of anilines is 2. The van der Waals surface area contributed by atoms with E-state index in [9.17, 15) is 0 Å². The van der Waals surface area contributed by atoms with E-state index >= 15 is 0 Å². The summed E-state index contributed by atoms with van der Waals surface area (Å²) >= 11 is 5.82. The molecule has 0 fully saturated rings. The fourth-order valence-corrected chi connectivity index (χ4v) is 2.42. The van der Waals surface area contributed by atoms with Gasteiger partial charge in [0, 0.05) is 11.7 Å². The lowest BCUT2D eigenvalue weighted by Crippen LogP contribution is -2.36. The summed E-state index contributed by atoms with van der Waals surface area (Å²) in [4.78, 5) is 4.22. The predicted molar refractivity (Wildman–Crippen MR) is 75.4 cm³/mol. The number of nitrogens with one attached hydrogen (secondary N) is 1. The van der Waals surface area contributed by atoms with Crippen LogP contribution in [0.4, 0.5) is 11.5 Å². The number of pyridine rings is 1. The highest BCUT2D eigenvalue weighted by molar-refractivity contribution is 6.30. The summed E-state index contributed by atoms with van der Waals surface area (Å²) < 4.78 is 0. The summed E-state index contributed by atoms with van der Waals surface area (Å²) in [5.41, 5.74) is 6.65. The molecule has 0 spiro atoms. The molecule has 0 atom stereocenters. The van der Waals surface area contributed by atoms with E-state index < -0.39 is 0 Å². The molecule has 3 nitrogen and oxygen atoms in total. The number of nitrogens with two attached hydrogens (primary N) is 1. The first-order valence-corrected chi connectivity index (χ1v) is 6.16. The van der Waals surface area contributed by atoms with Crippen molar-refractivity contribution < 1.29 is 0 Å². The van der Waals surface area contributed by atoms with Crippen molar-refractivity contribution in [1.29, 1.82) is 0 Å². The van der Waals surface area contributed by atoms with Crippen LogP contribution in [0.1, 0.15) is 41.0 Å². The van der Waals surface area contributed by atoms with Gasteiger partial charge >= 0.3 is 0 Å². The van der Waals surface area contributed by atoms with Gasteiger partial charge in [-0.15, -0.1) is 0 Å². The molecule has 1 aromatic rings. The number of nitrogens with zero attached hydrogens (tertiary/aromatic N) is 1. The van der Waals surface area contributed by atoms with Crippen LogP contribution < -0.4 is 11.1 Å². The standard InChI is InChI=1S/C13H22ClN3/c1-12(2,3)8-13(4,5)17-11-10(15)6-9(14)7-16-11/h6-7H,8,15H2,1-5H3,(H,16,17). The van der Waals surface area contributed by atoms with Gasteiger partial charge in [0.25, 0.3) is 0 Å². The summed E-state index contributed by atoms with van der Waals surface area (Å²) in [5, 5.41) is 3.93. The zero-order chi connectivity index (χ0) is 13.3. The van der Waals surface area contributed by atoms with Gasteiger partial charge in [0.15, 0.2) is 0 Å². The number of hydrogen-bond acceptors (Lipinski definition) is 3. The fourth-order valence-electron chi connectivity index (χ4n) is 2.25. The Morgan fingerprint density at radius 3 is 2.35 bits per heavy atom. The van der Waals surface area contributed by atoms with E-state index in [1.807, 2.05) is 0 Å². The highest BCUT2D eigenvalue weighted by Gasteiger charge is 2.26. The Morgan fingerprint density at radius 2 is 1.88 bits per heavy atom.